The van der Waals surface area contributed by atoms with Crippen LogP contribution in [0.2, 0.25) is 5.02 Å². The van der Waals surface area contributed by atoms with Gasteiger partial charge in [-0.15, -0.1) is 0 Å². The van der Waals surface area contributed by atoms with Gasteiger partial charge in [-0.25, -0.2) is 0 Å². The molecule has 1 nitrogen and oxygen atoms in total. The summed E-state index contributed by atoms with van der Waals surface area (Å²) in [7, 11) is 0. The summed E-state index contributed by atoms with van der Waals surface area (Å²) in [5.74, 6) is 0.674. The Kier molecular flexibility index (Phi) is 4.05. The molecule has 23 heavy (non-hydrogen) atoms. The van der Waals surface area contributed by atoms with Crippen LogP contribution in [0.3, 0.4) is 0 Å². The minimum absolute atomic E-state index is 0.674. The zero-order valence-corrected chi connectivity index (χ0v) is 13.9. The molecule has 0 bridgehead atoms. The summed E-state index contributed by atoms with van der Waals surface area (Å²) in [6.07, 6.45) is 8.46. The highest BCUT2D eigenvalue weighted by atomic mass is 35.5. The van der Waals surface area contributed by atoms with Crippen molar-refractivity contribution in [3.63, 3.8) is 0 Å². The summed E-state index contributed by atoms with van der Waals surface area (Å²) < 4.78 is 0. The Morgan fingerprint density at radius 3 is 2.57 bits per heavy atom. The molecule has 116 valence electrons. The number of hydrogen-bond acceptors (Lipinski definition) is 1. The monoisotopic (exact) mass is 321 g/mol. The molecule has 1 heterocycles. The Bertz CT molecular complexity index is 834. The van der Waals surface area contributed by atoms with Gasteiger partial charge in [0.05, 0.1) is 5.69 Å². The number of benzene rings is 2. The number of halogens is 1. The number of fused-ring (bicyclic) bond motifs is 1. The van der Waals surface area contributed by atoms with E-state index in [1.54, 1.807) is 6.20 Å². The van der Waals surface area contributed by atoms with Gasteiger partial charge in [0, 0.05) is 16.8 Å². The van der Waals surface area contributed by atoms with E-state index in [1.807, 2.05) is 12.1 Å². The molecule has 0 amide bonds. The average molecular weight is 322 g/mol. The van der Waals surface area contributed by atoms with Gasteiger partial charge in [0.2, 0.25) is 0 Å². The van der Waals surface area contributed by atoms with Crippen LogP contribution in [0.4, 0.5) is 0 Å². The number of aromatic nitrogens is 1. The summed E-state index contributed by atoms with van der Waals surface area (Å²) in [4.78, 5) is 4.52. The van der Waals surface area contributed by atoms with Crippen LogP contribution in [-0.4, -0.2) is 4.98 Å². The molecule has 1 saturated carbocycles. The van der Waals surface area contributed by atoms with E-state index in [9.17, 15) is 0 Å². The Morgan fingerprint density at radius 2 is 1.74 bits per heavy atom. The molecule has 2 heteroatoms. The van der Waals surface area contributed by atoms with Crippen molar-refractivity contribution < 1.29 is 0 Å². The normalized spacial score (nSPS) is 15.9. The van der Waals surface area contributed by atoms with Gasteiger partial charge in [0.15, 0.2) is 0 Å². The number of nitrogens with zero attached hydrogens (tertiary/aromatic N) is 1. The molecule has 0 N–H and O–H groups in total. The smallest absolute Gasteiger partial charge is 0.0717 e. The van der Waals surface area contributed by atoms with Crippen molar-refractivity contribution in [2.45, 2.75) is 38.0 Å². The number of pyridine rings is 1. The summed E-state index contributed by atoms with van der Waals surface area (Å²) in [5.41, 5.74) is 3.62. The maximum Gasteiger partial charge on any atom is 0.0717 e. The van der Waals surface area contributed by atoms with Crippen LogP contribution >= 0.6 is 11.6 Å². The summed E-state index contributed by atoms with van der Waals surface area (Å²) in [6.45, 7) is 0. The lowest BCUT2D eigenvalue weighted by Gasteiger charge is -2.24. The van der Waals surface area contributed by atoms with Gasteiger partial charge in [-0.2, -0.15) is 0 Å². The standard InChI is InChI=1S/C21H20ClN/c22-18-10-11-23-21(14-18)17-12-16-8-4-5-9-19(16)20(13-17)15-6-2-1-3-7-15/h4-5,8-15H,1-3,6-7H2. The summed E-state index contributed by atoms with van der Waals surface area (Å²) in [5, 5.41) is 3.43. The van der Waals surface area contributed by atoms with Crippen molar-refractivity contribution in [3.8, 4) is 11.3 Å². The zero-order valence-electron chi connectivity index (χ0n) is 13.1. The van der Waals surface area contributed by atoms with Gasteiger partial charge in [-0.05, 0) is 59.4 Å². The lowest BCUT2D eigenvalue weighted by Crippen LogP contribution is -2.05. The maximum atomic E-state index is 6.16. The Balaban J connectivity index is 1.89. The Labute approximate surface area is 142 Å². The first kappa shape index (κ1) is 14.7. The van der Waals surface area contributed by atoms with Gasteiger partial charge in [0.1, 0.15) is 0 Å². The fraction of sp³-hybridized carbons (Fsp3) is 0.286. The molecule has 1 aliphatic carbocycles. The fourth-order valence-corrected chi connectivity index (χ4v) is 3.96. The van der Waals surface area contributed by atoms with E-state index in [1.165, 1.54) is 54.0 Å². The number of hydrogen-bond donors (Lipinski definition) is 0. The van der Waals surface area contributed by atoms with E-state index in [-0.39, 0.29) is 0 Å². The Hall–Kier alpha value is -1.86. The average Bonchev–Trinajstić information content (AvgIpc) is 2.61. The van der Waals surface area contributed by atoms with Crippen LogP contribution in [0.1, 0.15) is 43.6 Å². The van der Waals surface area contributed by atoms with Gasteiger partial charge in [-0.1, -0.05) is 55.1 Å². The quantitative estimate of drug-likeness (QED) is 0.518. The second kappa shape index (κ2) is 6.33. The predicted molar refractivity (Wildman–Crippen MR) is 98.0 cm³/mol. The van der Waals surface area contributed by atoms with Crippen molar-refractivity contribution in [1.82, 2.24) is 4.98 Å². The van der Waals surface area contributed by atoms with Crippen LogP contribution in [0, 0.1) is 0 Å². The van der Waals surface area contributed by atoms with E-state index in [0.717, 1.165) is 10.7 Å². The first-order chi connectivity index (χ1) is 11.3. The van der Waals surface area contributed by atoms with Crippen LogP contribution in [0.15, 0.2) is 54.7 Å². The highest BCUT2D eigenvalue weighted by Crippen LogP contribution is 2.38. The second-order valence-electron chi connectivity index (χ2n) is 6.48. The minimum atomic E-state index is 0.674. The third-order valence-electron chi connectivity index (χ3n) is 4.96. The van der Waals surface area contributed by atoms with E-state index < -0.39 is 0 Å². The third-order valence-corrected chi connectivity index (χ3v) is 5.19. The third kappa shape index (κ3) is 2.98. The molecule has 0 spiro atoms. The lowest BCUT2D eigenvalue weighted by atomic mass is 9.81. The summed E-state index contributed by atoms with van der Waals surface area (Å²) >= 11 is 6.16. The zero-order chi connectivity index (χ0) is 15.6. The van der Waals surface area contributed by atoms with Crippen molar-refractivity contribution in [2.24, 2.45) is 0 Å². The lowest BCUT2D eigenvalue weighted by molar-refractivity contribution is 0.445. The molecule has 0 aliphatic heterocycles. The van der Waals surface area contributed by atoms with Gasteiger partial charge in [-0.3, -0.25) is 4.98 Å². The molecule has 3 aromatic rings. The van der Waals surface area contributed by atoms with E-state index in [2.05, 4.69) is 41.4 Å². The molecule has 1 aromatic heterocycles. The van der Waals surface area contributed by atoms with Gasteiger partial charge >= 0.3 is 0 Å². The molecule has 0 saturated heterocycles. The van der Waals surface area contributed by atoms with Crippen LogP contribution in [0.25, 0.3) is 22.0 Å². The molecule has 0 radical (unpaired) electrons. The topological polar surface area (TPSA) is 12.9 Å². The molecule has 2 aromatic carbocycles. The highest BCUT2D eigenvalue weighted by molar-refractivity contribution is 6.30. The number of rotatable bonds is 2. The minimum Gasteiger partial charge on any atom is -0.256 e. The highest BCUT2D eigenvalue weighted by Gasteiger charge is 2.19. The molecule has 0 unspecified atom stereocenters. The first-order valence-corrected chi connectivity index (χ1v) is 8.84. The van der Waals surface area contributed by atoms with Crippen molar-refractivity contribution in [3.05, 3.63) is 65.3 Å². The molecular weight excluding hydrogens is 302 g/mol. The van der Waals surface area contributed by atoms with Crippen LogP contribution in [0.5, 0.6) is 0 Å². The molecule has 0 atom stereocenters. The van der Waals surface area contributed by atoms with Gasteiger partial charge in [0.25, 0.3) is 0 Å². The summed E-state index contributed by atoms with van der Waals surface area (Å²) in [6, 6.07) is 17.1. The molecule has 1 fully saturated rings. The molecular formula is C21H20ClN. The van der Waals surface area contributed by atoms with E-state index in [0.29, 0.717) is 5.92 Å². The largest absolute Gasteiger partial charge is 0.256 e. The van der Waals surface area contributed by atoms with Crippen LogP contribution < -0.4 is 0 Å². The van der Waals surface area contributed by atoms with Crippen molar-refractivity contribution in [1.29, 1.82) is 0 Å². The first-order valence-electron chi connectivity index (χ1n) is 8.46. The van der Waals surface area contributed by atoms with E-state index in [4.69, 9.17) is 11.6 Å². The molecule has 1 aliphatic rings. The van der Waals surface area contributed by atoms with Crippen molar-refractivity contribution >= 4 is 22.4 Å². The van der Waals surface area contributed by atoms with Gasteiger partial charge < -0.3 is 0 Å². The molecule has 4 rings (SSSR count). The van der Waals surface area contributed by atoms with Crippen LogP contribution in [-0.2, 0) is 0 Å². The Morgan fingerprint density at radius 1 is 0.913 bits per heavy atom. The predicted octanol–water partition coefficient (Wildman–Crippen LogP) is 6.60. The SMILES string of the molecule is Clc1ccnc(-c2cc(C3CCCCC3)c3ccccc3c2)c1. The fourth-order valence-electron chi connectivity index (χ4n) is 3.80. The van der Waals surface area contributed by atoms with E-state index >= 15 is 0 Å². The maximum absolute atomic E-state index is 6.16. The second-order valence-corrected chi connectivity index (χ2v) is 6.92. The van der Waals surface area contributed by atoms with Crippen molar-refractivity contribution in [2.75, 3.05) is 0 Å².